The maximum atomic E-state index is 10.5. The Labute approximate surface area is 105 Å². The molecule has 2 rings (SSSR count). The van der Waals surface area contributed by atoms with Crippen molar-refractivity contribution in [2.24, 2.45) is 0 Å². The van der Waals surface area contributed by atoms with Crippen molar-refractivity contribution in [2.45, 2.75) is 6.54 Å². The topological polar surface area (TPSA) is 66.6 Å². The van der Waals surface area contributed by atoms with E-state index >= 15 is 0 Å². The molecule has 5 heteroatoms. The van der Waals surface area contributed by atoms with Crippen LogP contribution < -0.4 is 0 Å². The van der Waals surface area contributed by atoms with E-state index in [1.807, 2.05) is 30.3 Å². The molecular weight excluding hydrogens is 232 g/mol. The molecule has 0 unspecified atom stereocenters. The maximum Gasteiger partial charge on any atom is 0.317 e. The first kappa shape index (κ1) is 12.3. The summed E-state index contributed by atoms with van der Waals surface area (Å²) in [5.74, 6) is -0.307. The summed E-state index contributed by atoms with van der Waals surface area (Å²) in [7, 11) is 1.73. The van der Waals surface area contributed by atoms with Crippen LogP contribution in [0.3, 0.4) is 0 Å². The van der Waals surface area contributed by atoms with Gasteiger partial charge in [0.15, 0.2) is 0 Å². The summed E-state index contributed by atoms with van der Waals surface area (Å²) >= 11 is 0. The molecule has 0 amide bonds. The van der Waals surface area contributed by atoms with Crippen LogP contribution in [0.4, 0.5) is 0 Å². The van der Waals surface area contributed by atoms with Crippen LogP contribution in [-0.4, -0.2) is 34.6 Å². The largest absolute Gasteiger partial charge is 0.480 e. The van der Waals surface area contributed by atoms with Gasteiger partial charge in [0.25, 0.3) is 0 Å². The number of rotatable bonds is 5. The Morgan fingerprint density at radius 3 is 2.78 bits per heavy atom. The first-order valence-electron chi connectivity index (χ1n) is 5.55. The van der Waals surface area contributed by atoms with Crippen molar-refractivity contribution >= 4 is 5.97 Å². The number of carboxylic acids is 1. The van der Waals surface area contributed by atoms with Crippen molar-refractivity contribution in [3.63, 3.8) is 0 Å². The Morgan fingerprint density at radius 2 is 2.11 bits per heavy atom. The molecule has 0 saturated carbocycles. The van der Waals surface area contributed by atoms with E-state index in [-0.39, 0.29) is 6.54 Å². The summed E-state index contributed by atoms with van der Waals surface area (Å²) < 4.78 is 5.37. The maximum absolute atomic E-state index is 10.5. The number of oxazole rings is 1. The zero-order valence-corrected chi connectivity index (χ0v) is 10.0. The first-order valence-corrected chi connectivity index (χ1v) is 5.55. The standard InChI is InChI=1S/C13H14N2O3/c1-15(8-12(16)17)7-11-9-18-13(14-11)10-5-3-2-4-6-10/h2-6,9H,7-8H2,1H3,(H,16,17). The van der Waals surface area contributed by atoms with Gasteiger partial charge in [0, 0.05) is 12.1 Å². The lowest BCUT2D eigenvalue weighted by atomic mass is 10.2. The van der Waals surface area contributed by atoms with Crippen LogP contribution in [0, 0.1) is 0 Å². The monoisotopic (exact) mass is 246 g/mol. The fourth-order valence-electron chi connectivity index (χ4n) is 1.66. The molecule has 0 atom stereocenters. The summed E-state index contributed by atoms with van der Waals surface area (Å²) in [5, 5.41) is 8.66. The van der Waals surface area contributed by atoms with Gasteiger partial charge in [-0.3, -0.25) is 9.69 Å². The molecule has 0 aliphatic rings. The Morgan fingerprint density at radius 1 is 1.39 bits per heavy atom. The summed E-state index contributed by atoms with van der Waals surface area (Å²) in [5.41, 5.74) is 1.63. The van der Waals surface area contributed by atoms with Crippen LogP contribution in [-0.2, 0) is 11.3 Å². The quantitative estimate of drug-likeness (QED) is 0.872. The minimum Gasteiger partial charge on any atom is -0.480 e. The van der Waals surface area contributed by atoms with Gasteiger partial charge in [0.2, 0.25) is 5.89 Å². The zero-order chi connectivity index (χ0) is 13.0. The molecule has 1 aromatic carbocycles. The van der Waals surface area contributed by atoms with Gasteiger partial charge >= 0.3 is 5.97 Å². The van der Waals surface area contributed by atoms with Gasteiger partial charge in [-0.25, -0.2) is 4.98 Å². The lowest BCUT2D eigenvalue weighted by molar-refractivity contribution is -0.138. The molecular formula is C13H14N2O3. The lowest BCUT2D eigenvalue weighted by Crippen LogP contribution is -2.25. The van der Waals surface area contributed by atoms with Gasteiger partial charge in [-0.1, -0.05) is 18.2 Å². The number of aliphatic carboxylic acids is 1. The van der Waals surface area contributed by atoms with Crippen LogP contribution >= 0.6 is 0 Å². The second-order valence-electron chi connectivity index (χ2n) is 4.08. The summed E-state index contributed by atoms with van der Waals surface area (Å²) in [6, 6.07) is 9.58. The van der Waals surface area contributed by atoms with Gasteiger partial charge in [0.05, 0.1) is 12.2 Å². The molecule has 1 N–H and O–H groups in total. The van der Waals surface area contributed by atoms with E-state index in [2.05, 4.69) is 4.98 Å². The molecule has 0 bridgehead atoms. The SMILES string of the molecule is CN(CC(=O)O)Cc1coc(-c2ccccc2)n1. The Hall–Kier alpha value is -2.14. The summed E-state index contributed by atoms with van der Waals surface area (Å²) in [6.07, 6.45) is 1.56. The van der Waals surface area contributed by atoms with Crippen molar-refractivity contribution in [1.82, 2.24) is 9.88 Å². The third-order valence-corrected chi connectivity index (χ3v) is 2.41. The van der Waals surface area contributed by atoms with Crippen molar-refractivity contribution in [3.05, 3.63) is 42.3 Å². The highest BCUT2D eigenvalue weighted by atomic mass is 16.4. The van der Waals surface area contributed by atoms with E-state index in [9.17, 15) is 4.79 Å². The highest BCUT2D eigenvalue weighted by Gasteiger charge is 2.10. The molecule has 94 valence electrons. The van der Waals surface area contributed by atoms with E-state index in [1.54, 1.807) is 18.2 Å². The van der Waals surface area contributed by atoms with Crippen molar-refractivity contribution in [3.8, 4) is 11.5 Å². The summed E-state index contributed by atoms with van der Waals surface area (Å²) in [6.45, 7) is 0.427. The highest BCUT2D eigenvalue weighted by molar-refractivity contribution is 5.69. The number of carboxylic acid groups (broad SMARTS) is 1. The van der Waals surface area contributed by atoms with Gasteiger partial charge in [-0.2, -0.15) is 0 Å². The van der Waals surface area contributed by atoms with Gasteiger partial charge in [-0.05, 0) is 19.2 Å². The Balaban J connectivity index is 2.05. The predicted molar refractivity (Wildman–Crippen MR) is 65.9 cm³/mol. The first-order chi connectivity index (χ1) is 8.65. The fraction of sp³-hybridized carbons (Fsp3) is 0.231. The number of hydrogen-bond donors (Lipinski definition) is 1. The van der Waals surface area contributed by atoms with Crippen LogP contribution in [0.1, 0.15) is 5.69 Å². The average Bonchev–Trinajstić information content (AvgIpc) is 2.77. The smallest absolute Gasteiger partial charge is 0.317 e. The summed E-state index contributed by atoms with van der Waals surface area (Å²) in [4.78, 5) is 16.5. The van der Waals surface area contributed by atoms with Crippen LogP contribution in [0.5, 0.6) is 0 Å². The molecule has 0 aliphatic carbocycles. The highest BCUT2D eigenvalue weighted by Crippen LogP contribution is 2.18. The molecule has 1 heterocycles. The Bertz CT molecular complexity index is 522. The van der Waals surface area contributed by atoms with Crippen molar-refractivity contribution < 1.29 is 14.3 Å². The minimum atomic E-state index is -0.857. The van der Waals surface area contributed by atoms with Crippen molar-refractivity contribution in [1.29, 1.82) is 0 Å². The number of likely N-dealkylation sites (N-methyl/N-ethyl adjacent to an activating group) is 1. The number of aromatic nitrogens is 1. The molecule has 18 heavy (non-hydrogen) atoms. The molecule has 0 saturated heterocycles. The second-order valence-corrected chi connectivity index (χ2v) is 4.08. The third-order valence-electron chi connectivity index (χ3n) is 2.41. The van der Waals surface area contributed by atoms with Gasteiger partial charge < -0.3 is 9.52 Å². The van der Waals surface area contributed by atoms with E-state index in [4.69, 9.17) is 9.52 Å². The zero-order valence-electron chi connectivity index (χ0n) is 10.0. The fourth-order valence-corrected chi connectivity index (χ4v) is 1.66. The van der Waals surface area contributed by atoms with Crippen LogP contribution in [0.15, 0.2) is 41.0 Å². The van der Waals surface area contributed by atoms with Gasteiger partial charge in [-0.15, -0.1) is 0 Å². The van der Waals surface area contributed by atoms with Crippen molar-refractivity contribution in [2.75, 3.05) is 13.6 Å². The lowest BCUT2D eigenvalue weighted by Gasteiger charge is -2.10. The van der Waals surface area contributed by atoms with E-state index < -0.39 is 5.97 Å². The van der Waals surface area contributed by atoms with Crippen LogP contribution in [0.2, 0.25) is 0 Å². The molecule has 2 aromatic rings. The molecule has 5 nitrogen and oxygen atoms in total. The Kier molecular flexibility index (Phi) is 3.74. The molecule has 0 radical (unpaired) electrons. The molecule has 0 spiro atoms. The van der Waals surface area contributed by atoms with Crippen LogP contribution in [0.25, 0.3) is 11.5 Å². The molecule has 0 aliphatic heterocycles. The number of carbonyl (C=O) groups is 1. The van der Waals surface area contributed by atoms with E-state index in [0.717, 1.165) is 11.3 Å². The van der Waals surface area contributed by atoms with E-state index in [1.165, 1.54) is 0 Å². The van der Waals surface area contributed by atoms with Gasteiger partial charge in [0.1, 0.15) is 6.26 Å². The number of benzene rings is 1. The second kappa shape index (κ2) is 5.46. The predicted octanol–water partition coefficient (Wildman–Crippen LogP) is 1.86. The normalized spacial score (nSPS) is 10.8. The molecule has 0 fully saturated rings. The minimum absolute atomic E-state index is 0.0203. The third kappa shape index (κ3) is 3.18. The molecule has 1 aromatic heterocycles. The van der Waals surface area contributed by atoms with E-state index in [0.29, 0.717) is 12.4 Å². The average molecular weight is 246 g/mol. The number of hydrogen-bond acceptors (Lipinski definition) is 4. The number of nitrogens with zero attached hydrogens (tertiary/aromatic N) is 2.